The molecule has 0 amide bonds. The fraction of sp³-hybridized carbons (Fsp3) is 0.304. The Morgan fingerprint density at radius 1 is 1.00 bits per heavy atom. The topological polar surface area (TPSA) is 37.6 Å². The second kappa shape index (κ2) is 10.2. The fourth-order valence-electron chi connectivity index (χ4n) is 3.38. The Morgan fingerprint density at radius 3 is 2.54 bits per heavy atom. The molecular weight excluding hydrogens is 355 g/mol. The quantitative estimate of drug-likeness (QED) is 0.581. The average molecular weight is 382 g/mol. The van der Waals surface area contributed by atoms with Crippen molar-refractivity contribution in [1.29, 1.82) is 0 Å². The van der Waals surface area contributed by atoms with Gasteiger partial charge in [0.05, 0.1) is 12.7 Å². The number of hydrogen-bond donors (Lipinski definition) is 1. The number of aliphatic hydroxyl groups is 1. The predicted molar refractivity (Wildman–Crippen MR) is 108 cm³/mol. The standard InChI is InChI=1S/C23H27FN2O2/c1-28-18-23(27)17-25(14-19-7-3-2-4-8-19)16-22-11-6-12-26(22)15-20-9-5-10-21(24)13-20/h2-13,23,27H,14-18H2,1H3/t23-/m1/s1. The molecule has 0 spiro atoms. The fourth-order valence-corrected chi connectivity index (χ4v) is 3.38. The highest BCUT2D eigenvalue weighted by Gasteiger charge is 2.15. The minimum absolute atomic E-state index is 0.223. The summed E-state index contributed by atoms with van der Waals surface area (Å²) in [6, 6.07) is 21.0. The highest BCUT2D eigenvalue weighted by atomic mass is 19.1. The van der Waals surface area contributed by atoms with Crippen molar-refractivity contribution in [2.45, 2.75) is 25.7 Å². The van der Waals surface area contributed by atoms with Gasteiger partial charge in [0.15, 0.2) is 0 Å². The summed E-state index contributed by atoms with van der Waals surface area (Å²) >= 11 is 0. The van der Waals surface area contributed by atoms with E-state index in [2.05, 4.69) is 27.7 Å². The minimum atomic E-state index is -0.555. The lowest BCUT2D eigenvalue weighted by molar-refractivity contribution is 0.0333. The predicted octanol–water partition coefficient (Wildman–Crippen LogP) is 3.69. The van der Waals surface area contributed by atoms with E-state index in [1.807, 2.05) is 36.5 Å². The summed E-state index contributed by atoms with van der Waals surface area (Å²) < 4.78 is 20.7. The van der Waals surface area contributed by atoms with Crippen molar-refractivity contribution < 1.29 is 14.2 Å². The molecule has 0 unspecified atom stereocenters. The van der Waals surface area contributed by atoms with Crippen molar-refractivity contribution in [3.05, 3.63) is 95.6 Å². The molecule has 0 aliphatic rings. The van der Waals surface area contributed by atoms with Crippen LogP contribution in [0.5, 0.6) is 0 Å². The van der Waals surface area contributed by atoms with Crippen LogP contribution in [0.2, 0.25) is 0 Å². The van der Waals surface area contributed by atoms with E-state index in [0.717, 1.165) is 17.8 Å². The molecule has 3 aromatic rings. The maximum atomic E-state index is 13.5. The Balaban J connectivity index is 1.73. The molecule has 0 aliphatic heterocycles. The van der Waals surface area contributed by atoms with Crippen LogP contribution in [0.25, 0.3) is 0 Å². The second-order valence-electron chi connectivity index (χ2n) is 7.02. The van der Waals surface area contributed by atoms with Gasteiger partial charge in [-0.1, -0.05) is 42.5 Å². The summed E-state index contributed by atoms with van der Waals surface area (Å²) in [6.45, 7) is 2.83. The zero-order valence-corrected chi connectivity index (χ0v) is 16.2. The van der Waals surface area contributed by atoms with Gasteiger partial charge < -0.3 is 14.4 Å². The number of hydrogen-bond acceptors (Lipinski definition) is 3. The van der Waals surface area contributed by atoms with Crippen LogP contribution >= 0.6 is 0 Å². The van der Waals surface area contributed by atoms with Crippen LogP contribution in [-0.2, 0) is 24.4 Å². The lowest BCUT2D eigenvalue weighted by Crippen LogP contribution is -2.34. The molecular formula is C23H27FN2O2. The van der Waals surface area contributed by atoms with E-state index in [0.29, 0.717) is 26.2 Å². The van der Waals surface area contributed by atoms with Crippen molar-refractivity contribution in [2.75, 3.05) is 20.3 Å². The van der Waals surface area contributed by atoms with Crippen molar-refractivity contribution in [3.63, 3.8) is 0 Å². The molecule has 148 valence electrons. The van der Waals surface area contributed by atoms with E-state index >= 15 is 0 Å². The molecule has 0 saturated carbocycles. The van der Waals surface area contributed by atoms with Gasteiger partial charge in [0.1, 0.15) is 5.82 Å². The van der Waals surface area contributed by atoms with E-state index in [9.17, 15) is 9.50 Å². The van der Waals surface area contributed by atoms with E-state index < -0.39 is 6.10 Å². The van der Waals surface area contributed by atoms with Crippen LogP contribution in [0.4, 0.5) is 4.39 Å². The SMILES string of the molecule is COC[C@H](O)CN(Cc1ccccc1)Cc1cccn1Cc1cccc(F)c1. The normalized spacial score (nSPS) is 12.4. The van der Waals surface area contributed by atoms with Gasteiger partial charge in [-0.15, -0.1) is 0 Å². The Kier molecular flexibility index (Phi) is 7.37. The van der Waals surface area contributed by atoms with E-state index in [1.165, 1.54) is 11.6 Å². The zero-order valence-electron chi connectivity index (χ0n) is 16.2. The summed E-state index contributed by atoms with van der Waals surface area (Å²) in [7, 11) is 1.59. The van der Waals surface area contributed by atoms with Gasteiger partial charge in [-0.05, 0) is 35.4 Å². The number of rotatable bonds is 10. The molecule has 5 heteroatoms. The van der Waals surface area contributed by atoms with Crippen LogP contribution in [0.15, 0.2) is 72.9 Å². The molecule has 3 rings (SSSR count). The Bertz CT molecular complexity index is 851. The monoisotopic (exact) mass is 382 g/mol. The largest absolute Gasteiger partial charge is 0.389 e. The molecule has 0 fully saturated rings. The first-order valence-corrected chi connectivity index (χ1v) is 9.46. The molecule has 28 heavy (non-hydrogen) atoms. The first-order valence-electron chi connectivity index (χ1n) is 9.46. The lowest BCUT2D eigenvalue weighted by Gasteiger charge is -2.25. The van der Waals surface area contributed by atoms with E-state index in [1.54, 1.807) is 19.2 Å². The molecule has 1 heterocycles. The molecule has 2 aromatic carbocycles. The molecule has 1 aromatic heterocycles. The third-order valence-corrected chi connectivity index (χ3v) is 4.63. The first-order chi connectivity index (χ1) is 13.6. The average Bonchev–Trinajstić information content (AvgIpc) is 3.09. The highest BCUT2D eigenvalue weighted by Crippen LogP contribution is 2.14. The van der Waals surface area contributed by atoms with Gasteiger partial charge >= 0.3 is 0 Å². The molecule has 1 N–H and O–H groups in total. The number of methoxy groups -OCH3 is 1. The summed E-state index contributed by atoms with van der Waals surface area (Å²) in [4.78, 5) is 2.20. The van der Waals surface area contributed by atoms with Gasteiger partial charge in [-0.25, -0.2) is 4.39 Å². The van der Waals surface area contributed by atoms with Gasteiger partial charge in [-0.2, -0.15) is 0 Å². The molecule has 4 nitrogen and oxygen atoms in total. The molecule has 0 saturated heterocycles. The van der Waals surface area contributed by atoms with Crippen LogP contribution < -0.4 is 0 Å². The minimum Gasteiger partial charge on any atom is -0.389 e. The zero-order chi connectivity index (χ0) is 19.8. The van der Waals surface area contributed by atoms with Crippen molar-refractivity contribution in [1.82, 2.24) is 9.47 Å². The van der Waals surface area contributed by atoms with Crippen LogP contribution in [-0.4, -0.2) is 40.9 Å². The number of benzene rings is 2. The number of nitrogens with zero attached hydrogens (tertiary/aromatic N) is 2. The molecule has 0 aliphatic carbocycles. The molecule has 0 radical (unpaired) electrons. The van der Waals surface area contributed by atoms with Crippen LogP contribution in [0.1, 0.15) is 16.8 Å². The number of halogens is 1. The van der Waals surface area contributed by atoms with Crippen molar-refractivity contribution >= 4 is 0 Å². The maximum Gasteiger partial charge on any atom is 0.123 e. The summed E-state index contributed by atoms with van der Waals surface area (Å²) in [5.41, 5.74) is 3.23. The Morgan fingerprint density at radius 2 is 1.79 bits per heavy atom. The molecule has 1 atom stereocenters. The van der Waals surface area contributed by atoms with E-state index in [-0.39, 0.29) is 5.82 Å². The van der Waals surface area contributed by atoms with Crippen molar-refractivity contribution in [3.8, 4) is 0 Å². The summed E-state index contributed by atoms with van der Waals surface area (Å²) in [6.07, 6.45) is 1.45. The Labute approximate surface area is 165 Å². The van der Waals surface area contributed by atoms with E-state index in [4.69, 9.17) is 4.74 Å². The van der Waals surface area contributed by atoms with Crippen LogP contribution in [0.3, 0.4) is 0 Å². The number of aliphatic hydroxyl groups excluding tert-OH is 1. The van der Waals surface area contributed by atoms with Gasteiger partial charge in [0, 0.05) is 45.2 Å². The number of ether oxygens (including phenoxy) is 1. The van der Waals surface area contributed by atoms with Crippen LogP contribution in [0, 0.1) is 5.82 Å². The highest BCUT2D eigenvalue weighted by molar-refractivity contribution is 5.19. The smallest absolute Gasteiger partial charge is 0.123 e. The number of aromatic nitrogens is 1. The van der Waals surface area contributed by atoms with Crippen molar-refractivity contribution in [2.24, 2.45) is 0 Å². The summed E-state index contributed by atoms with van der Waals surface area (Å²) in [5.74, 6) is -0.223. The third-order valence-electron chi connectivity index (χ3n) is 4.63. The van der Waals surface area contributed by atoms with Gasteiger partial charge in [0.2, 0.25) is 0 Å². The second-order valence-corrected chi connectivity index (χ2v) is 7.02. The summed E-state index contributed by atoms with van der Waals surface area (Å²) in [5, 5.41) is 10.2. The lowest BCUT2D eigenvalue weighted by atomic mass is 10.2. The van der Waals surface area contributed by atoms with Gasteiger partial charge in [-0.3, -0.25) is 4.90 Å². The maximum absolute atomic E-state index is 13.5. The first kappa shape index (κ1) is 20.3. The third kappa shape index (κ3) is 6.02. The Hall–Kier alpha value is -2.47. The molecule has 0 bridgehead atoms. The van der Waals surface area contributed by atoms with Gasteiger partial charge in [0.25, 0.3) is 0 Å².